The van der Waals surface area contributed by atoms with Crippen LogP contribution in [0.15, 0.2) is 0 Å². The molecule has 1 spiro atoms. The van der Waals surface area contributed by atoms with Crippen molar-refractivity contribution in [2.45, 2.75) is 69.7 Å². The van der Waals surface area contributed by atoms with Crippen molar-refractivity contribution in [2.75, 3.05) is 59.4 Å². The van der Waals surface area contributed by atoms with Gasteiger partial charge in [-0.05, 0) is 52.5 Å². The summed E-state index contributed by atoms with van der Waals surface area (Å²) in [6.45, 7) is 5.95. The Morgan fingerprint density at radius 2 is 1.71 bits per heavy atom. The van der Waals surface area contributed by atoms with Gasteiger partial charge in [0.05, 0.1) is 29.1 Å². The van der Waals surface area contributed by atoms with E-state index >= 15 is 0 Å². The van der Waals surface area contributed by atoms with Crippen LogP contribution in [0.5, 0.6) is 0 Å². The summed E-state index contributed by atoms with van der Waals surface area (Å²) in [5.41, 5.74) is 0.0993. The number of carbonyl (C=O) groups excluding carboxylic acids is 4. The van der Waals surface area contributed by atoms with E-state index in [1.165, 1.54) is 4.90 Å². The summed E-state index contributed by atoms with van der Waals surface area (Å²) >= 11 is 1.66. The highest BCUT2D eigenvalue weighted by Gasteiger charge is 2.40. The Morgan fingerprint density at radius 1 is 1.03 bits per heavy atom. The molecule has 1 N–H and O–H groups in total. The number of nitrogens with one attached hydrogen (secondary N) is 1. The van der Waals surface area contributed by atoms with Gasteiger partial charge in [0.2, 0.25) is 23.6 Å². The van der Waals surface area contributed by atoms with E-state index in [4.69, 9.17) is 4.98 Å². The first-order valence-electron chi connectivity index (χ1n) is 14.0. The molecule has 208 valence electrons. The van der Waals surface area contributed by atoms with Crippen LogP contribution in [-0.2, 0) is 25.6 Å². The summed E-state index contributed by atoms with van der Waals surface area (Å²) in [6, 6.07) is 0. The zero-order chi connectivity index (χ0) is 26.9. The fourth-order valence-electron chi connectivity index (χ4n) is 6.18. The van der Waals surface area contributed by atoms with Crippen molar-refractivity contribution in [1.82, 2.24) is 29.9 Å². The molecule has 11 heteroatoms. The summed E-state index contributed by atoms with van der Waals surface area (Å²) in [6.07, 6.45) is 5.10. The molecule has 0 saturated carbocycles. The Morgan fingerprint density at radius 3 is 2.39 bits per heavy atom. The average Bonchev–Trinajstić information content (AvgIpc) is 3.55. The zero-order valence-corrected chi connectivity index (χ0v) is 23.5. The van der Waals surface area contributed by atoms with E-state index in [2.05, 4.69) is 10.2 Å². The second kappa shape index (κ2) is 11.3. The average molecular weight is 545 g/mol. The fourth-order valence-corrected chi connectivity index (χ4v) is 7.28. The molecule has 1 aromatic heterocycles. The van der Waals surface area contributed by atoms with Gasteiger partial charge in [0.25, 0.3) is 0 Å². The quantitative estimate of drug-likeness (QED) is 0.599. The first kappa shape index (κ1) is 27.1. The Balaban J connectivity index is 1.43. The number of likely N-dealkylation sites (tertiary alicyclic amines) is 2. The third kappa shape index (κ3) is 6.03. The first-order valence-corrected chi connectivity index (χ1v) is 14.8. The van der Waals surface area contributed by atoms with Crippen molar-refractivity contribution in [3.05, 3.63) is 15.6 Å². The largest absolute Gasteiger partial charge is 0.350 e. The maximum absolute atomic E-state index is 13.8. The van der Waals surface area contributed by atoms with Gasteiger partial charge in [-0.15, -0.1) is 11.3 Å². The van der Waals surface area contributed by atoms with Gasteiger partial charge in [0.15, 0.2) is 0 Å². The molecule has 1 aromatic rings. The van der Waals surface area contributed by atoms with Crippen LogP contribution in [-0.4, -0.2) is 113 Å². The molecule has 6 heterocycles. The van der Waals surface area contributed by atoms with Gasteiger partial charge in [-0.1, -0.05) is 0 Å². The van der Waals surface area contributed by atoms with E-state index in [0.29, 0.717) is 39.0 Å². The lowest BCUT2D eigenvalue weighted by atomic mass is 9.83. The van der Waals surface area contributed by atoms with E-state index < -0.39 is 5.54 Å². The third-order valence-electron chi connectivity index (χ3n) is 8.74. The van der Waals surface area contributed by atoms with Gasteiger partial charge < -0.3 is 24.9 Å². The minimum absolute atomic E-state index is 0.0799. The van der Waals surface area contributed by atoms with Crippen molar-refractivity contribution in [3.63, 3.8) is 0 Å². The summed E-state index contributed by atoms with van der Waals surface area (Å²) in [5.74, 6) is -0.324. The van der Waals surface area contributed by atoms with Gasteiger partial charge in [-0.25, -0.2) is 4.98 Å². The molecule has 4 amide bonds. The predicted molar refractivity (Wildman–Crippen MR) is 144 cm³/mol. The van der Waals surface area contributed by atoms with Crippen molar-refractivity contribution in [2.24, 2.45) is 0 Å². The van der Waals surface area contributed by atoms with Crippen LogP contribution in [0, 0.1) is 6.92 Å². The summed E-state index contributed by atoms with van der Waals surface area (Å²) in [4.78, 5) is 66.8. The van der Waals surface area contributed by atoms with Gasteiger partial charge in [-0.3, -0.25) is 19.2 Å². The molecular formula is C27H40N6O4S. The van der Waals surface area contributed by atoms with Crippen molar-refractivity contribution in [1.29, 1.82) is 0 Å². The second-order valence-electron chi connectivity index (χ2n) is 11.5. The molecule has 4 bridgehead atoms. The van der Waals surface area contributed by atoms with E-state index in [9.17, 15) is 19.2 Å². The summed E-state index contributed by atoms with van der Waals surface area (Å²) < 4.78 is 0. The van der Waals surface area contributed by atoms with Crippen LogP contribution in [0.2, 0.25) is 0 Å². The fraction of sp³-hybridized carbons (Fsp3) is 0.741. The molecule has 6 rings (SSSR count). The Labute approximate surface area is 228 Å². The van der Waals surface area contributed by atoms with Crippen molar-refractivity contribution < 1.29 is 19.2 Å². The number of thiazole rings is 1. The van der Waals surface area contributed by atoms with Crippen LogP contribution >= 0.6 is 11.3 Å². The van der Waals surface area contributed by atoms with Crippen LogP contribution in [0.3, 0.4) is 0 Å². The smallest absolute Gasteiger partial charge is 0.242 e. The normalized spacial score (nSPS) is 23.9. The topological polar surface area (TPSA) is 106 Å². The lowest BCUT2D eigenvalue weighted by Gasteiger charge is -2.42. The number of piperidine rings is 2. The lowest BCUT2D eigenvalue weighted by molar-refractivity contribution is -0.146. The predicted octanol–water partition coefficient (Wildman–Crippen LogP) is 1.14. The van der Waals surface area contributed by atoms with Crippen LogP contribution in [0.1, 0.15) is 66.4 Å². The number of aromatic nitrogens is 1. The molecule has 0 aliphatic carbocycles. The number of fused-ring (bicyclic) bond motifs is 8. The highest BCUT2D eigenvalue weighted by Crippen LogP contribution is 2.33. The highest BCUT2D eigenvalue weighted by atomic mass is 32.1. The second-order valence-corrected chi connectivity index (χ2v) is 12.8. The maximum Gasteiger partial charge on any atom is 0.242 e. The molecule has 5 aliphatic heterocycles. The Kier molecular flexibility index (Phi) is 8.04. The number of carbonyl (C=O) groups is 4. The summed E-state index contributed by atoms with van der Waals surface area (Å²) in [7, 11) is 2.04. The monoisotopic (exact) mass is 544 g/mol. The molecule has 0 atom stereocenters. The minimum atomic E-state index is -0.707. The number of amides is 4. The first-order chi connectivity index (χ1) is 18.2. The Bertz CT molecular complexity index is 1070. The molecule has 0 radical (unpaired) electrons. The van der Waals surface area contributed by atoms with Crippen molar-refractivity contribution >= 4 is 35.0 Å². The molecule has 10 nitrogen and oxygen atoms in total. The zero-order valence-electron chi connectivity index (χ0n) is 22.7. The lowest BCUT2D eigenvalue weighted by Crippen LogP contribution is -2.58. The standard InChI is InChI=1S/C27H40N6O4S/c1-19-21-15-22(34)29-27(7-13-30(2)14-8-27)16-23(35)33(17-24(36)31-9-3-4-10-31)18-25(37)32-11-5-20(6-12-32)26(28-21)38-19/h20H,3-18H2,1-2H3,(H,29,34). The number of hydrogen-bond acceptors (Lipinski definition) is 7. The molecule has 0 unspecified atom stereocenters. The van der Waals surface area contributed by atoms with Crippen LogP contribution < -0.4 is 5.32 Å². The van der Waals surface area contributed by atoms with E-state index in [-0.39, 0.29) is 55.5 Å². The summed E-state index contributed by atoms with van der Waals surface area (Å²) in [5, 5.41) is 4.27. The van der Waals surface area contributed by atoms with Crippen molar-refractivity contribution in [3.8, 4) is 0 Å². The molecule has 5 aliphatic rings. The SMILES string of the molecule is Cc1sc2nc1CC(=O)NC1(CCN(C)CC1)CC(=O)N(CC(=O)N1CCCC1)CC(=O)N1CCC2CC1. The van der Waals surface area contributed by atoms with E-state index in [1.54, 1.807) is 16.2 Å². The molecular weight excluding hydrogens is 504 g/mol. The number of rotatable bonds is 2. The molecule has 0 aromatic carbocycles. The van der Waals surface area contributed by atoms with Crippen LogP contribution in [0.25, 0.3) is 0 Å². The van der Waals surface area contributed by atoms with Gasteiger partial charge in [-0.2, -0.15) is 0 Å². The van der Waals surface area contributed by atoms with Gasteiger partial charge in [0.1, 0.15) is 13.1 Å². The minimum Gasteiger partial charge on any atom is -0.350 e. The Hall–Kier alpha value is -2.53. The van der Waals surface area contributed by atoms with Gasteiger partial charge >= 0.3 is 0 Å². The highest BCUT2D eigenvalue weighted by molar-refractivity contribution is 7.11. The maximum atomic E-state index is 13.8. The number of hydrogen-bond donors (Lipinski definition) is 1. The molecule has 3 saturated heterocycles. The van der Waals surface area contributed by atoms with E-state index in [1.807, 2.05) is 18.9 Å². The number of aryl methyl sites for hydroxylation is 1. The molecule has 3 fully saturated rings. The third-order valence-corrected chi connectivity index (χ3v) is 9.91. The number of nitrogens with zero attached hydrogens (tertiary/aromatic N) is 5. The van der Waals surface area contributed by atoms with Gasteiger partial charge in [0, 0.05) is 50.1 Å². The van der Waals surface area contributed by atoms with E-state index in [0.717, 1.165) is 54.4 Å². The molecule has 38 heavy (non-hydrogen) atoms. The van der Waals surface area contributed by atoms with Crippen LogP contribution in [0.4, 0.5) is 0 Å².